The predicted octanol–water partition coefficient (Wildman–Crippen LogP) is 2.95. The number of fused-ring (bicyclic) bond motifs is 1. The third-order valence-corrected chi connectivity index (χ3v) is 4.97. The second-order valence-electron chi connectivity index (χ2n) is 8.53. The van der Waals surface area contributed by atoms with Crippen LogP contribution in [0.3, 0.4) is 0 Å². The Kier molecular flexibility index (Phi) is 8.26. The van der Waals surface area contributed by atoms with E-state index in [1.54, 1.807) is 4.90 Å². The van der Waals surface area contributed by atoms with Crippen molar-refractivity contribution >= 4 is 38.8 Å². The molecule has 2 aromatic heterocycles. The number of nitrogens with zero attached hydrogens (tertiary/aromatic N) is 4. The first-order valence-electron chi connectivity index (χ1n) is 9.81. The number of carbonyl (C=O) groups excluding carboxylic acids is 1. The van der Waals surface area contributed by atoms with Crippen LogP contribution in [0.15, 0.2) is 12.5 Å². The van der Waals surface area contributed by atoms with Gasteiger partial charge in [0, 0.05) is 38.9 Å². The zero-order valence-electron chi connectivity index (χ0n) is 18.4. The predicted molar refractivity (Wildman–Crippen MR) is 119 cm³/mol. The molecule has 1 aliphatic heterocycles. The number of piperidine rings is 1. The molecule has 0 saturated carbocycles. The average molecular weight is 476 g/mol. The summed E-state index contributed by atoms with van der Waals surface area (Å²) < 4.78 is 31.3. The standard InChI is InChI=1S/C18H26ClN5O2.CH4O3S/c1-18(2,3)26-17(25)23(4)13-5-7-24(8-6-13)10-12-9-20-16-14(12)15(19)21-11-22-16;1-5(2,3)4/h9,11,13H,5-8,10H2,1-4H3,(H,20,21,22);1H3,(H,2,3,4). The number of ether oxygens (including phenoxy) is 1. The number of aromatic nitrogens is 3. The summed E-state index contributed by atoms with van der Waals surface area (Å²) in [6.45, 7) is 8.27. The van der Waals surface area contributed by atoms with E-state index >= 15 is 0 Å². The first kappa shape index (κ1) is 25.3. The zero-order chi connectivity index (χ0) is 23.4. The van der Waals surface area contributed by atoms with E-state index in [2.05, 4.69) is 19.9 Å². The van der Waals surface area contributed by atoms with Gasteiger partial charge in [0.15, 0.2) is 0 Å². The Morgan fingerprint density at radius 1 is 1.35 bits per heavy atom. The van der Waals surface area contributed by atoms with E-state index in [0.29, 0.717) is 11.4 Å². The number of nitrogens with one attached hydrogen (secondary N) is 1. The lowest BCUT2D eigenvalue weighted by atomic mass is 10.0. The Morgan fingerprint density at radius 3 is 2.48 bits per heavy atom. The van der Waals surface area contributed by atoms with Gasteiger partial charge in [0.25, 0.3) is 10.1 Å². The maximum absolute atomic E-state index is 12.2. The highest BCUT2D eigenvalue weighted by Gasteiger charge is 2.28. The maximum Gasteiger partial charge on any atom is 0.410 e. The Balaban J connectivity index is 0.000000614. The van der Waals surface area contributed by atoms with Crippen molar-refractivity contribution in [1.29, 1.82) is 0 Å². The second kappa shape index (κ2) is 10.1. The van der Waals surface area contributed by atoms with Crippen LogP contribution in [0.1, 0.15) is 39.2 Å². The number of aromatic amines is 1. The van der Waals surface area contributed by atoms with Crippen LogP contribution >= 0.6 is 11.6 Å². The van der Waals surface area contributed by atoms with Crippen molar-refractivity contribution < 1.29 is 22.5 Å². The zero-order valence-corrected chi connectivity index (χ0v) is 20.0. The molecule has 1 aliphatic rings. The fourth-order valence-corrected chi connectivity index (χ4v) is 3.55. The van der Waals surface area contributed by atoms with Crippen LogP contribution < -0.4 is 0 Å². The third-order valence-electron chi connectivity index (χ3n) is 4.69. The highest BCUT2D eigenvalue weighted by atomic mass is 35.5. The summed E-state index contributed by atoms with van der Waals surface area (Å²) in [4.78, 5) is 27.8. The molecular formula is C19H30ClN5O5S. The molecule has 0 aliphatic carbocycles. The molecule has 0 aromatic carbocycles. The molecule has 12 heteroatoms. The van der Waals surface area contributed by atoms with E-state index in [-0.39, 0.29) is 12.1 Å². The summed E-state index contributed by atoms with van der Waals surface area (Å²) in [6, 6.07) is 0.205. The third kappa shape index (κ3) is 8.24. The van der Waals surface area contributed by atoms with Crippen LogP contribution in [-0.2, 0) is 21.4 Å². The highest BCUT2D eigenvalue weighted by Crippen LogP contribution is 2.26. The van der Waals surface area contributed by atoms with E-state index in [4.69, 9.17) is 20.9 Å². The fourth-order valence-electron chi connectivity index (χ4n) is 3.30. The molecule has 1 amide bonds. The Morgan fingerprint density at radius 2 is 1.94 bits per heavy atom. The molecule has 10 nitrogen and oxygen atoms in total. The van der Waals surface area contributed by atoms with Crippen molar-refractivity contribution in [2.75, 3.05) is 26.4 Å². The van der Waals surface area contributed by atoms with Crippen LogP contribution in [0.2, 0.25) is 5.15 Å². The largest absolute Gasteiger partial charge is 0.444 e. The number of carbonyl (C=O) groups is 1. The van der Waals surface area contributed by atoms with Gasteiger partial charge in [-0.2, -0.15) is 8.42 Å². The van der Waals surface area contributed by atoms with Crippen molar-refractivity contribution in [3.63, 3.8) is 0 Å². The Labute approximate surface area is 187 Å². The minimum absolute atomic E-state index is 0.205. The minimum Gasteiger partial charge on any atom is -0.444 e. The van der Waals surface area contributed by atoms with E-state index < -0.39 is 15.7 Å². The van der Waals surface area contributed by atoms with Gasteiger partial charge >= 0.3 is 6.09 Å². The number of rotatable bonds is 3. The van der Waals surface area contributed by atoms with Gasteiger partial charge in [0.05, 0.1) is 11.6 Å². The molecule has 3 rings (SSSR count). The van der Waals surface area contributed by atoms with Crippen LogP contribution in [-0.4, -0.2) is 81.9 Å². The fraction of sp³-hybridized carbons (Fsp3) is 0.632. The lowest BCUT2D eigenvalue weighted by Gasteiger charge is -2.37. The molecule has 1 saturated heterocycles. The molecule has 0 unspecified atom stereocenters. The van der Waals surface area contributed by atoms with E-state index in [0.717, 1.165) is 49.1 Å². The van der Waals surface area contributed by atoms with E-state index in [9.17, 15) is 13.2 Å². The molecule has 2 aromatic rings. The molecule has 0 spiro atoms. The minimum atomic E-state index is -3.67. The maximum atomic E-state index is 12.2. The van der Waals surface area contributed by atoms with Gasteiger partial charge in [-0.25, -0.2) is 14.8 Å². The molecule has 174 valence electrons. The molecule has 0 atom stereocenters. The molecule has 1 fully saturated rings. The first-order valence-corrected chi connectivity index (χ1v) is 12.0. The lowest BCUT2D eigenvalue weighted by molar-refractivity contribution is 0.0149. The van der Waals surface area contributed by atoms with Crippen molar-refractivity contribution in [1.82, 2.24) is 24.8 Å². The molecular weight excluding hydrogens is 446 g/mol. The number of amides is 1. The van der Waals surface area contributed by atoms with Crippen molar-refractivity contribution in [2.45, 2.75) is 51.8 Å². The first-order chi connectivity index (χ1) is 14.2. The van der Waals surface area contributed by atoms with Crippen LogP contribution in [0.5, 0.6) is 0 Å². The van der Waals surface area contributed by atoms with E-state index in [1.807, 2.05) is 34.0 Å². The normalized spacial score (nSPS) is 16.0. The number of hydrogen-bond donors (Lipinski definition) is 2. The quantitative estimate of drug-likeness (QED) is 0.512. The van der Waals surface area contributed by atoms with Gasteiger partial charge in [0.1, 0.15) is 22.7 Å². The highest BCUT2D eigenvalue weighted by molar-refractivity contribution is 7.85. The SMILES string of the molecule is CN(C(=O)OC(C)(C)C)C1CCN(Cc2c[nH]c3ncnc(Cl)c23)CC1.CS(=O)(=O)O. The van der Waals surface area contributed by atoms with Gasteiger partial charge < -0.3 is 14.6 Å². The summed E-state index contributed by atoms with van der Waals surface area (Å²) in [5.74, 6) is 0. The Hall–Kier alpha value is -1.95. The van der Waals surface area contributed by atoms with Gasteiger partial charge in [-0.05, 0) is 39.2 Å². The lowest BCUT2D eigenvalue weighted by Crippen LogP contribution is -2.46. The summed E-state index contributed by atoms with van der Waals surface area (Å²) in [5, 5.41) is 1.37. The number of H-pyrrole nitrogens is 1. The van der Waals surface area contributed by atoms with Crippen molar-refractivity contribution in [3.8, 4) is 0 Å². The van der Waals surface area contributed by atoms with Crippen molar-refractivity contribution in [2.24, 2.45) is 0 Å². The number of likely N-dealkylation sites (tertiary alicyclic amines) is 1. The molecule has 3 heterocycles. The van der Waals surface area contributed by atoms with Crippen LogP contribution in [0.25, 0.3) is 11.0 Å². The summed E-state index contributed by atoms with van der Waals surface area (Å²) >= 11 is 6.23. The summed E-state index contributed by atoms with van der Waals surface area (Å²) in [7, 11) is -1.84. The molecule has 0 bridgehead atoms. The van der Waals surface area contributed by atoms with Gasteiger partial charge in [-0.15, -0.1) is 0 Å². The molecule has 31 heavy (non-hydrogen) atoms. The van der Waals surface area contributed by atoms with E-state index in [1.165, 1.54) is 6.33 Å². The smallest absolute Gasteiger partial charge is 0.410 e. The van der Waals surface area contributed by atoms with Crippen LogP contribution in [0.4, 0.5) is 4.79 Å². The van der Waals surface area contributed by atoms with Crippen molar-refractivity contribution in [3.05, 3.63) is 23.2 Å². The summed E-state index contributed by atoms with van der Waals surface area (Å²) in [5.41, 5.74) is 1.40. The van der Waals surface area contributed by atoms with Gasteiger partial charge in [-0.3, -0.25) is 9.45 Å². The average Bonchev–Trinajstić information content (AvgIpc) is 3.03. The summed E-state index contributed by atoms with van der Waals surface area (Å²) in [6.07, 6.45) is 5.71. The van der Waals surface area contributed by atoms with Gasteiger partial charge in [0.2, 0.25) is 0 Å². The second-order valence-corrected chi connectivity index (χ2v) is 10.4. The Bertz CT molecular complexity index is 989. The monoisotopic (exact) mass is 475 g/mol. The number of halogens is 1. The van der Waals surface area contributed by atoms with Gasteiger partial charge in [-0.1, -0.05) is 11.6 Å². The van der Waals surface area contributed by atoms with Crippen LogP contribution in [0, 0.1) is 0 Å². The molecule has 2 N–H and O–H groups in total. The molecule has 0 radical (unpaired) electrons. The topological polar surface area (TPSA) is 129 Å². The number of hydrogen-bond acceptors (Lipinski definition) is 7.